The fraction of sp³-hybridized carbons (Fsp3) is 0.542. The molecule has 8 nitrogen and oxygen atoms in total. The molecule has 1 saturated heterocycles. The van der Waals surface area contributed by atoms with E-state index in [2.05, 4.69) is 40.0 Å². The van der Waals surface area contributed by atoms with Crippen LogP contribution in [0.4, 0.5) is 5.69 Å². The van der Waals surface area contributed by atoms with E-state index in [0.29, 0.717) is 40.0 Å². The molecule has 1 aromatic carbocycles. The number of carbonyl (C=O) groups is 1. The molecule has 1 amide bonds. The minimum atomic E-state index is -0.122. The third-order valence-corrected chi connectivity index (χ3v) is 6.88. The van der Waals surface area contributed by atoms with Gasteiger partial charge in [0, 0.05) is 39.3 Å². The first kappa shape index (κ1) is 27.9. The van der Waals surface area contributed by atoms with E-state index in [1.54, 1.807) is 0 Å². The Hall–Kier alpha value is -2.38. The zero-order valence-corrected chi connectivity index (χ0v) is 22.0. The number of carbonyl (C=O) groups excluding carboxylic acids is 1. The van der Waals surface area contributed by atoms with Crippen molar-refractivity contribution in [3.05, 3.63) is 28.3 Å². The number of morpholine rings is 1. The van der Waals surface area contributed by atoms with Crippen LogP contribution in [0.15, 0.2) is 12.1 Å². The molecule has 0 unspecified atom stereocenters. The highest BCUT2D eigenvalue weighted by Crippen LogP contribution is 2.40. The molecule has 0 aliphatic carbocycles. The Balaban J connectivity index is 0.00000408. The summed E-state index contributed by atoms with van der Waals surface area (Å²) >= 11 is 1.33. The van der Waals surface area contributed by atoms with Gasteiger partial charge in [0.25, 0.3) is 5.91 Å². The van der Waals surface area contributed by atoms with Crippen LogP contribution in [-0.2, 0) is 4.74 Å². The molecule has 0 radical (unpaired) electrons. The Bertz CT molecular complexity index is 997. The SMILES string of the molecule is CCOc1c(-c2nc(C)c(C(=O)NCCN3CCOCC3)s2)ccc(N(CC)CC)c1C#N.Cl. The fourth-order valence-electron chi connectivity index (χ4n) is 3.93. The number of hydrogen-bond donors (Lipinski definition) is 1. The lowest BCUT2D eigenvalue weighted by Crippen LogP contribution is -2.41. The molecule has 1 N–H and O–H groups in total. The summed E-state index contributed by atoms with van der Waals surface area (Å²) in [4.78, 5) is 22.5. The first-order valence-electron chi connectivity index (χ1n) is 11.5. The second-order valence-corrected chi connectivity index (χ2v) is 8.70. The molecule has 0 bridgehead atoms. The van der Waals surface area contributed by atoms with Crippen molar-refractivity contribution in [1.82, 2.24) is 15.2 Å². The van der Waals surface area contributed by atoms with Crippen LogP contribution in [0.1, 0.15) is 41.7 Å². The lowest BCUT2D eigenvalue weighted by Gasteiger charge is -2.26. The Labute approximate surface area is 212 Å². The van der Waals surface area contributed by atoms with Crippen molar-refractivity contribution in [3.8, 4) is 22.4 Å². The van der Waals surface area contributed by atoms with Crippen molar-refractivity contribution in [2.75, 3.05) is 64.0 Å². The van der Waals surface area contributed by atoms with Gasteiger partial charge >= 0.3 is 0 Å². The van der Waals surface area contributed by atoms with Gasteiger partial charge in [-0.2, -0.15) is 5.26 Å². The zero-order valence-electron chi connectivity index (χ0n) is 20.3. The summed E-state index contributed by atoms with van der Waals surface area (Å²) in [6.07, 6.45) is 0. The van der Waals surface area contributed by atoms with E-state index in [1.807, 2.05) is 26.0 Å². The number of hydrogen-bond acceptors (Lipinski definition) is 8. The van der Waals surface area contributed by atoms with Gasteiger partial charge in [0.05, 0.1) is 36.8 Å². The molecule has 1 aliphatic heterocycles. The van der Waals surface area contributed by atoms with Crippen LogP contribution in [0.2, 0.25) is 0 Å². The van der Waals surface area contributed by atoms with Gasteiger partial charge in [-0.15, -0.1) is 23.7 Å². The number of amides is 1. The first-order chi connectivity index (χ1) is 16.0. The van der Waals surface area contributed by atoms with Crippen LogP contribution < -0.4 is 15.0 Å². The van der Waals surface area contributed by atoms with Gasteiger partial charge in [-0.3, -0.25) is 9.69 Å². The van der Waals surface area contributed by atoms with Crippen LogP contribution in [0.25, 0.3) is 10.6 Å². The van der Waals surface area contributed by atoms with Gasteiger partial charge in [0.2, 0.25) is 0 Å². The number of rotatable bonds is 10. The predicted molar refractivity (Wildman–Crippen MR) is 139 cm³/mol. The van der Waals surface area contributed by atoms with E-state index >= 15 is 0 Å². The van der Waals surface area contributed by atoms with E-state index in [9.17, 15) is 10.1 Å². The number of nitrogens with one attached hydrogen (secondary N) is 1. The van der Waals surface area contributed by atoms with Crippen molar-refractivity contribution >= 4 is 35.3 Å². The molecule has 3 rings (SSSR count). The second kappa shape index (κ2) is 13.5. The molecular weight excluding hydrogens is 474 g/mol. The van der Waals surface area contributed by atoms with Crippen LogP contribution >= 0.6 is 23.7 Å². The minimum Gasteiger partial charge on any atom is -0.492 e. The highest BCUT2D eigenvalue weighted by atomic mass is 35.5. The summed E-state index contributed by atoms with van der Waals surface area (Å²) in [5, 5.41) is 13.6. The average molecular weight is 508 g/mol. The number of thiazole rings is 1. The average Bonchev–Trinajstić information content (AvgIpc) is 3.22. The molecule has 0 spiro atoms. The fourth-order valence-corrected chi connectivity index (χ4v) is 4.93. The smallest absolute Gasteiger partial charge is 0.263 e. The molecule has 1 aromatic heterocycles. The quantitative estimate of drug-likeness (QED) is 0.524. The topological polar surface area (TPSA) is 90.7 Å². The maximum Gasteiger partial charge on any atom is 0.263 e. The van der Waals surface area contributed by atoms with Crippen molar-refractivity contribution in [1.29, 1.82) is 5.26 Å². The molecule has 1 fully saturated rings. The molecule has 0 saturated carbocycles. The molecule has 2 heterocycles. The van der Waals surface area contributed by atoms with Crippen molar-refractivity contribution in [3.63, 3.8) is 0 Å². The number of anilines is 1. The Kier molecular flexibility index (Phi) is 11.1. The maximum atomic E-state index is 12.8. The number of aryl methyl sites for hydroxylation is 1. The monoisotopic (exact) mass is 507 g/mol. The Morgan fingerprint density at radius 3 is 2.62 bits per heavy atom. The van der Waals surface area contributed by atoms with Gasteiger partial charge < -0.3 is 19.7 Å². The van der Waals surface area contributed by atoms with Gasteiger partial charge in [-0.05, 0) is 39.8 Å². The number of benzene rings is 1. The number of nitriles is 1. The summed E-state index contributed by atoms with van der Waals surface area (Å²) in [5.41, 5.74) is 2.77. The summed E-state index contributed by atoms with van der Waals surface area (Å²) in [7, 11) is 0. The highest BCUT2D eigenvalue weighted by Gasteiger charge is 2.23. The van der Waals surface area contributed by atoms with Gasteiger partial charge in [0.15, 0.2) is 0 Å². The second-order valence-electron chi connectivity index (χ2n) is 7.70. The lowest BCUT2D eigenvalue weighted by atomic mass is 10.1. The van der Waals surface area contributed by atoms with Crippen molar-refractivity contribution in [2.45, 2.75) is 27.7 Å². The zero-order chi connectivity index (χ0) is 23.8. The number of nitrogens with zero attached hydrogens (tertiary/aromatic N) is 4. The molecule has 0 atom stereocenters. The summed E-state index contributed by atoms with van der Waals surface area (Å²) < 4.78 is 11.3. The maximum absolute atomic E-state index is 12.8. The molecule has 1 aliphatic rings. The molecular formula is C24H34ClN5O3S. The van der Waals surface area contributed by atoms with Gasteiger partial charge in [-0.1, -0.05) is 0 Å². The third kappa shape index (κ3) is 6.39. The number of aromatic nitrogens is 1. The summed E-state index contributed by atoms with van der Waals surface area (Å²) in [6.45, 7) is 14.5. The summed E-state index contributed by atoms with van der Waals surface area (Å²) in [5.74, 6) is 0.403. The van der Waals surface area contributed by atoms with Crippen LogP contribution in [0, 0.1) is 18.3 Å². The molecule has 186 valence electrons. The summed E-state index contributed by atoms with van der Waals surface area (Å²) in [6, 6.07) is 6.22. The third-order valence-electron chi connectivity index (χ3n) is 5.69. The predicted octanol–water partition coefficient (Wildman–Crippen LogP) is 3.72. The van der Waals surface area contributed by atoms with Crippen molar-refractivity contribution in [2.24, 2.45) is 0 Å². The normalized spacial score (nSPS) is 13.6. The first-order valence-corrected chi connectivity index (χ1v) is 12.4. The van der Waals surface area contributed by atoms with Gasteiger partial charge in [-0.25, -0.2) is 4.98 Å². The highest BCUT2D eigenvalue weighted by molar-refractivity contribution is 7.17. The lowest BCUT2D eigenvalue weighted by molar-refractivity contribution is 0.0383. The largest absolute Gasteiger partial charge is 0.492 e. The van der Waals surface area contributed by atoms with Crippen LogP contribution in [0.5, 0.6) is 5.75 Å². The van der Waals surface area contributed by atoms with Crippen LogP contribution in [-0.4, -0.2) is 74.9 Å². The minimum absolute atomic E-state index is 0. The standard InChI is InChI=1S/C24H33N5O3S.ClH/c1-5-29(6-2)20-9-8-18(21(32-7-3)19(20)16-25)24-27-17(4)22(33-24)23(30)26-10-11-28-12-14-31-15-13-28;/h8-9H,5-7,10-15H2,1-4H3,(H,26,30);1H. The van der Waals surface area contributed by atoms with E-state index < -0.39 is 0 Å². The van der Waals surface area contributed by atoms with E-state index in [1.165, 1.54) is 11.3 Å². The Morgan fingerprint density at radius 1 is 1.29 bits per heavy atom. The van der Waals surface area contributed by atoms with Crippen LogP contribution in [0.3, 0.4) is 0 Å². The van der Waals surface area contributed by atoms with E-state index in [0.717, 1.165) is 57.2 Å². The van der Waals surface area contributed by atoms with Gasteiger partial charge in [0.1, 0.15) is 27.3 Å². The Morgan fingerprint density at radius 2 is 2.00 bits per heavy atom. The number of halogens is 1. The van der Waals surface area contributed by atoms with E-state index in [-0.39, 0.29) is 18.3 Å². The van der Waals surface area contributed by atoms with Crippen molar-refractivity contribution < 1.29 is 14.3 Å². The van der Waals surface area contributed by atoms with E-state index in [4.69, 9.17) is 9.47 Å². The molecule has 2 aromatic rings. The molecule has 10 heteroatoms. The number of ether oxygens (including phenoxy) is 2. The molecule has 34 heavy (non-hydrogen) atoms.